The summed E-state index contributed by atoms with van der Waals surface area (Å²) in [6, 6.07) is 18.6. The Morgan fingerprint density at radius 3 is 2.07 bits per heavy atom. The molecule has 6 nitrogen and oxygen atoms in total. The van der Waals surface area contributed by atoms with E-state index in [-0.39, 0.29) is 0 Å². The van der Waals surface area contributed by atoms with Gasteiger partial charge in [0.05, 0.1) is 23.0 Å². The summed E-state index contributed by atoms with van der Waals surface area (Å²) in [7, 11) is 3.98. The number of rotatable bonds is 4. The van der Waals surface area contributed by atoms with Crippen LogP contribution in [0.4, 0.5) is 5.69 Å². The largest absolute Gasteiger partial charge is 0.378 e. The molecule has 0 saturated heterocycles. The first kappa shape index (κ1) is 16.8. The maximum atomic E-state index is 12.4. The zero-order valence-corrected chi connectivity index (χ0v) is 15.0. The van der Waals surface area contributed by atoms with Crippen LogP contribution in [0.2, 0.25) is 0 Å². The van der Waals surface area contributed by atoms with Gasteiger partial charge >= 0.3 is 0 Å². The van der Waals surface area contributed by atoms with Crippen LogP contribution in [0.15, 0.2) is 72.0 Å². The maximum absolute atomic E-state index is 12.4. The van der Waals surface area contributed by atoms with Crippen LogP contribution in [0.1, 0.15) is 26.4 Å². The summed E-state index contributed by atoms with van der Waals surface area (Å²) < 4.78 is 1.95. The first-order valence-corrected chi connectivity index (χ1v) is 8.53. The Bertz CT molecular complexity index is 1010. The van der Waals surface area contributed by atoms with Gasteiger partial charge in [0, 0.05) is 31.7 Å². The smallest absolute Gasteiger partial charge is 0.282 e. The van der Waals surface area contributed by atoms with Gasteiger partial charge in [-0.25, -0.2) is 0 Å². The van der Waals surface area contributed by atoms with Gasteiger partial charge in [-0.3, -0.25) is 9.59 Å². The quantitative estimate of drug-likeness (QED) is 0.532. The normalized spacial score (nSPS) is 13.5. The lowest BCUT2D eigenvalue weighted by Crippen LogP contribution is -2.24. The lowest BCUT2D eigenvalue weighted by Gasteiger charge is -2.13. The third kappa shape index (κ3) is 2.91. The second kappa shape index (κ2) is 6.57. The Morgan fingerprint density at radius 1 is 0.852 bits per heavy atom. The van der Waals surface area contributed by atoms with Crippen molar-refractivity contribution in [1.29, 1.82) is 0 Å². The summed E-state index contributed by atoms with van der Waals surface area (Å²) in [5, 5.41) is 5.07. The summed E-state index contributed by atoms with van der Waals surface area (Å²) in [5.74, 6) is -0.805. The molecule has 2 heterocycles. The summed E-state index contributed by atoms with van der Waals surface area (Å²) >= 11 is 0. The van der Waals surface area contributed by atoms with Crippen LogP contribution in [0, 0.1) is 0 Å². The molecule has 27 heavy (non-hydrogen) atoms. The molecule has 0 fully saturated rings. The van der Waals surface area contributed by atoms with Crippen molar-refractivity contribution in [3.05, 3.63) is 83.7 Å². The molecule has 0 atom stereocenters. The second-order valence-electron chi connectivity index (χ2n) is 6.43. The molecule has 1 aliphatic rings. The molecule has 4 rings (SSSR count). The van der Waals surface area contributed by atoms with Crippen molar-refractivity contribution in [3.63, 3.8) is 0 Å². The molecule has 3 aromatic rings. The number of aromatic nitrogens is 1. The number of anilines is 1. The number of nitrogens with zero attached hydrogens (tertiary/aromatic N) is 4. The fourth-order valence-electron chi connectivity index (χ4n) is 3.04. The molecule has 0 saturated carbocycles. The molecule has 2 aromatic carbocycles. The molecule has 2 amide bonds. The first-order valence-electron chi connectivity index (χ1n) is 8.53. The molecule has 0 aliphatic carbocycles. The van der Waals surface area contributed by atoms with Gasteiger partial charge in [-0.1, -0.05) is 12.1 Å². The van der Waals surface area contributed by atoms with E-state index in [9.17, 15) is 9.59 Å². The van der Waals surface area contributed by atoms with E-state index in [1.807, 2.05) is 66.2 Å². The maximum Gasteiger partial charge on any atom is 0.282 e. The number of hydrogen-bond donors (Lipinski definition) is 0. The Kier molecular flexibility index (Phi) is 4.08. The zero-order valence-electron chi connectivity index (χ0n) is 15.0. The minimum atomic E-state index is -0.403. The van der Waals surface area contributed by atoms with E-state index in [4.69, 9.17) is 0 Å². The monoisotopic (exact) mass is 358 g/mol. The standard InChI is InChI=1S/C21H18N4O2/c1-23(2)15-9-11-16(12-10-15)24-13-5-6-17(24)14-22-25-20(26)18-7-3-4-8-19(18)21(25)27/h3-14H,1-2H3/b22-14-. The molecule has 0 N–H and O–H groups in total. The van der Waals surface area contributed by atoms with Crippen LogP contribution in [0.5, 0.6) is 0 Å². The number of fused-ring (bicyclic) bond motifs is 1. The van der Waals surface area contributed by atoms with E-state index in [0.717, 1.165) is 22.1 Å². The molecular formula is C21H18N4O2. The molecule has 1 aromatic heterocycles. The molecule has 0 spiro atoms. The Morgan fingerprint density at radius 2 is 1.48 bits per heavy atom. The second-order valence-corrected chi connectivity index (χ2v) is 6.43. The van der Waals surface area contributed by atoms with Gasteiger partial charge in [0.15, 0.2) is 0 Å². The van der Waals surface area contributed by atoms with E-state index in [0.29, 0.717) is 11.1 Å². The number of hydrazone groups is 1. The average Bonchev–Trinajstić information content (AvgIpc) is 3.24. The van der Waals surface area contributed by atoms with E-state index >= 15 is 0 Å². The predicted octanol–water partition coefficient (Wildman–Crippen LogP) is 3.17. The minimum Gasteiger partial charge on any atom is -0.378 e. The molecule has 1 aliphatic heterocycles. The predicted molar refractivity (Wildman–Crippen MR) is 105 cm³/mol. The number of carbonyl (C=O) groups is 2. The number of imide groups is 1. The highest BCUT2D eigenvalue weighted by atomic mass is 16.2. The van der Waals surface area contributed by atoms with Gasteiger partial charge in [0.1, 0.15) is 0 Å². The van der Waals surface area contributed by atoms with Crippen molar-refractivity contribution >= 4 is 23.7 Å². The highest BCUT2D eigenvalue weighted by molar-refractivity contribution is 6.21. The van der Waals surface area contributed by atoms with Crippen molar-refractivity contribution in [2.24, 2.45) is 5.10 Å². The molecule has 134 valence electrons. The highest BCUT2D eigenvalue weighted by Gasteiger charge is 2.35. The van der Waals surface area contributed by atoms with E-state index in [2.05, 4.69) is 5.10 Å². The Balaban J connectivity index is 1.61. The molecule has 6 heteroatoms. The summed E-state index contributed by atoms with van der Waals surface area (Å²) in [6.45, 7) is 0. The Labute approximate surface area is 156 Å². The third-order valence-electron chi connectivity index (χ3n) is 4.50. The number of amides is 2. The first-order chi connectivity index (χ1) is 13.1. The lowest BCUT2D eigenvalue weighted by molar-refractivity contribution is 0.0660. The third-order valence-corrected chi connectivity index (χ3v) is 4.50. The fraction of sp³-hybridized carbons (Fsp3) is 0.0952. The van der Waals surface area contributed by atoms with Crippen molar-refractivity contribution in [1.82, 2.24) is 9.58 Å². The van der Waals surface area contributed by atoms with Crippen LogP contribution in [-0.2, 0) is 0 Å². The van der Waals surface area contributed by atoms with Crippen molar-refractivity contribution in [2.75, 3.05) is 19.0 Å². The highest BCUT2D eigenvalue weighted by Crippen LogP contribution is 2.23. The van der Waals surface area contributed by atoms with Crippen molar-refractivity contribution in [2.45, 2.75) is 0 Å². The van der Waals surface area contributed by atoms with E-state index in [1.54, 1.807) is 24.3 Å². The molecule has 0 bridgehead atoms. The summed E-state index contributed by atoms with van der Waals surface area (Å²) in [4.78, 5) is 26.8. The van der Waals surface area contributed by atoms with Gasteiger partial charge in [0.25, 0.3) is 11.8 Å². The van der Waals surface area contributed by atoms with Gasteiger partial charge in [0.2, 0.25) is 0 Å². The van der Waals surface area contributed by atoms with Crippen LogP contribution in [0.3, 0.4) is 0 Å². The minimum absolute atomic E-state index is 0.384. The van der Waals surface area contributed by atoms with E-state index < -0.39 is 11.8 Å². The van der Waals surface area contributed by atoms with Crippen LogP contribution < -0.4 is 4.90 Å². The molecule has 0 radical (unpaired) electrons. The summed E-state index contributed by atoms with van der Waals surface area (Å²) in [6.07, 6.45) is 3.44. The van der Waals surface area contributed by atoms with Crippen LogP contribution in [-0.4, -0.2) is 41.7 Å². The number of hydrogen-bond acceptors (Lipinski definition) is 4. The Hall–Kier alpha value is -3.67. The van der Waals surface area contributed by atoms with Gasteiger partial charge in [-0.05, 0) is 48.5 Å². The van der Waals surface area contributed by atoms with Gasteiger partial charge in [-0.15, -0.1) is 0 Å². The number of carbonyl (C=O) groups excluding carboxylic acids is 2. The van der Waals surface area contributed by atoms with Crippen molar-refractivity contribution < 1.29 is 9.59 Å². The van der Waals surface area contributed by atoms with Crippen molar-refractivity contribution in [3.8, 4) is 5.69 Å². The summed E-state index contributed by atoms with van der Waals surface area (Å²) in [5.41, 5.74) is 3.61. The van der Waals surface area contributed by atoms with E-state index in [1.165, 1.54) is 6.21 Å². The van der Waals surface area contributed by atoms with Crippen LogP contribution in [0.25, 0.3) is 5.69 Å². The van der Waals surface area contributed by atoms with Gasteiger partial charge < -0.3 is 9.47 Å². The molecular weight excluding hydrogens is 340 g/mol. The average molecular weight is 358 g/mol. The van der Waals surface area contributed by atoms with Gasteiger partial charge in [-0.2, -0.15) is 10.1 Å². The molecule has 0 unspecified atom stereocenters. The number of benzene rings is 2. The SMILES string of the molecule is CN(C)c1ccc(-n2cccc2/C=N\N2C(=O)c3ccccc3C2=O)cc1. The zero-order chi connectivity index (χ0) is 19.0. The fourth-order valence-corrected chi connectivity index (χ4v) is 3.04. The topological polar surface area (TPSA) is 57.9 Å². The van der Waals surface area contributed by atoms with Crippen LogP contribution >= 0.6 is 0 Å². The lowest BCUT2D eigenvalue weighted by atomic mass is 10.1.